The molecule has 2 rings (SSSR count). The number of carbonyl (C=O) groups is 1. The largest absolute Gasteiger partial charge is 0.508 e. The Hall–Kier alpha value is -2.89. The maximum atomic E-state index is 11.7. The van der Waals surface area contributed by atoms with Crippen molar-refractivity contribution in [1.82, 2.24) is 0 Å². The molecule has 0 fully saturated rings. The highest BCUT2D eigenvalue weighted by Gasteiger charge is 2.08. The van der Waals surface area contributed by atoms with Gasteiger partial charge in [0, 0.05) is 18.6 Å². The van der Waals surface area contributed by atoms with Gasteiger partial charge in [-0.05, 0) is 36.2 Å². The summed E-state index contributed by atoms with van der Waals surface area (Å²) in [5.74, 6) is 0.0282. The summed E-state index contributed by atoms with van der Waals surface area (Å²) in [4.78, 5) is 21.6. The number of esters is 1. The molecule has 0 aliphatic carbocycles. The Morgan fingerprint density at radius 1 is 1.10 bits per heavy atom. The molecule has 21 heavy (non-hydrogen) atoms. The van der Waals surface area contributed by atoms with E-state index in [0.717, 1.165) is 5.56 Å². The van der Waals surface area contributed by atoms with Crippen molar-refractivity contribution in [3.8, 4) is 11.5 Å². The Morgan fingerprint density at radius 2 is 1.71 bits per heavy atom. The van der Waals surface area contributed by atoms with Crippen LogP contribution in [0.3, 0.4) is 0 Å². The molecule has 0 aliphatic heterocycles. The zero-order valence-electron chi connectivity index (χ0n) is 11.1. The lowest BCUT2D eigenvalue weighted by atomic mass is 10.1. The second-order valence-corrected chi connectivity index (χ2v) is 4.39. The van der Waals surface area contributed by atoms with Crippen LogP contribution in [0.15, 0.2) is 48.5 Å². The average molecular weight is 287 g/mol. The molecule has 0 aromatic heterocycles. The molecule has 108 valence electrons. The number of non-ortho nitro benzene ring substituents is 1. The first-order valence-corrected chi connectivity index (χ1v) is 6.27. The predicted octanol–water partition coefficient (Wildman–Crippen LogP) is 2.84. The first kappa shape index (κ1) is 14.5. The van der Waals surface area contributed by atoms with Crippen molar-refractivity contribution in [2.75, 3.05) is 0 Å². The minimum Gasteiger partial charge on any atom is -0.508 e. The molecule has 0 unspecified atom stereocenters. The summed E-state index contributed by atoms with van der Waals surface area (Å²) in [6.45, 7) is 0. The molecule has 0 radical (unpaired) electrons. The maximum Gasteiger partial charge on any atom is 0.311 e. The van der Waals surface area contributed by atoms with Crippen LogP contribution in [0.5, 0.6) is 11.5 Å². The maximum absolute atomic E-state index is 11.7. The lowest BCUT2D eigenvalue weighted by molar-refractivity contribution is -0.384. The summed E-state index contributed by atoms with van der Waals surface area (Å²) in [6, 6.07) is 11.9. The fourth-order valence-corrected chi connectivity index (χ4v) is 1.73. The van der Waals surface area contributed by atoms with E-state index >= 15 is 0 Å². The summed E-state index contributed by atoms with van der Waals surface area (Å²) in [5.41, 5.74) is 0.854. The van der Waals surface area contributed by atoms with Gasteiger partial charge in [-0.3, -0.25) is 14.9 Å². The molecule has 2 aromatic carbocycles. The Labute approximate surface area is 120 Å². The molecule has 0 aliphatic rings. The van der Waals surface area contributed by atoms with Crippen molar-refractivity contribution < 1.29 is 19.6 Å². The highest BCUT2D eigenvalue weighted by Crippen LogP contribution is 2.18. The number of aromatic hydroxyl groups is 1. The van der Waals surface area contributed by atoms with Crippen LogP contribution in [0.2, 0.25) is 0 Å². The first-order valence-electron chi connectivity index (χ1n) is 6.27. The third kappa shape index (κ3) is 4.31. The van der Waals surface area contributed by atoms with E-state index in [-0.39, 0.29) is 23.6 Å². The van der Waals surface area contributed by atoms with Gasteiger partial charge >= 0.3 is 5.97 Å². The molecular weight excluding hydrogens is 274 g/mol. The Bertz CT molecular complexity index is 634. The van der Waals surface area contributed by atoms with Gasteiger partial charge in [-0.2, -0.15) is 0 Å². The summed E-state index contributed by atoms with van der Waals surface area (Å²) < 4.78 is 5.08. The van der Waals surface area contributed by atoms with Gasteiger partial charge in [0.05, 0.1) is 4.92 Å². The summed E-state index contributed by atoms with van der Waals surface area (Å²) in [5, 5.41) is 19.6. The molecule has 0 bridgehead atoms. The van der Waals surface area contributed by atoms with Gasteiger partial charge in [0.1, 0.15) is 11.5 Å². The van der Waals surface area contributed by atoms with Gasteiger partial charge in [0.15, 0.2) is 0 Å². The minimum absolute atomic E-state index is 0.0566. The molecular formula is C15H13NO5. The van der Waals surface area contributed by atoms with Gasteiger partial charge < -0.3 is 9.84 Å². The number of ether oxygens (including phenoxy) is 1. The molecule has 6 nitrogen and oxygen atoms in total. The van der Waals surface area contributed by atoms with Crippen LogP contribution in [-0.2, 0) is 11.2 Å². The van der Waals surface area contributed by atoms with Crippen LogP contribution in [0.1, 0.15) is 12.0 Å². The lowest BCUT2D eigenvalue weighted by Crippen LogP contribution is -2.09. The molecule has 0 amide bonds. The number of hydrogen-bond donors (Lipinski definition) is 1. The van der Waals surface area contributed by atoms with Crippen molar-refractivity contribution in [3.63, 3.8) is 0 Å². The van der Waals surface area contributed by atoms with Crippen molar-refractivity contribution in [2.24, 2.45) is 0 Å². The third-order valence-corrected chi connectivity index (χ3v) is 2.83. The highest BCUT2D eigenvalue weighted by molar-refractivity contribution is 5.72. The number of phenols is 1. The summed E-state index contributed by atoms with van der Waals surface area (Å²) >= 11 is 0. The van der Waals surface area contributed by atoms with Crippen LogP contribution in [-0.4, -0.2) is 16.0 Å². The number of carbonyl (C=O) groups excluding carboxylic acids is 1. The second-order valence-electron chi connectivity index (χ2n) is 4.39. The van der Waals surface area contributed by atoms with Crippen LogP contribution in [0.25, 0.3) is 0 Å². The van der Waals surface area contributed by atoms with Crippen molar-refractivity contribution in [1.29, 1.82) is 0 Å². The number of nitro benzene ring substituents is 1. The first-order chi connectivity index (χ1) is 10.0. The third-order valence-electron chi connectivity index (χ3n) is 2.83. The zero-order valence-corrected chi connectivity index (χ0v) is 11.1. The molecule has 6 heteroatoms. The Balaban J connectivity index is 1.86. The fourth-order valence-electron chi connectivity index (χ4n) is 1.73. The van der Waals surface area contributed by atoms with Crippen LogP contribution >= 0.6 is 0 Å². The number of nitro groups is 1. The number of aryl methyl sites for hydroxylation is 1. The molecule has 0 spiro atoms. The van der Waals surface area contributed by atoms with E-state index in [1.54, 1.807) is 24.3 Å². The average Bonchev–Trinajstić information content (AvgIpc) is 2.47. The van der Waals surface area contributed by atoms with Crippen molar-refractivity contribution >= 4 is 11.7 Å². The number of phenolic OH excluding ortho intramolecular Hbond substituents is 1. The molecule has 0 atom stereocenters. The van der Waals surface area contributed by atoms with Gasteiger partial charge in [-0.25, -0.2) is 0 Å². The zero-order chi connectivity index (χ0) is 15.2. The fraction of sp³-hybridized carbons (Fsp3) is 0.133. The van der Waals surface area contributed by atoms with E-state index in [2.05, 4.69) is 0 Å². The summed E-state index contributed by atoms with van der Waals surface area (Å²) in [6.07, 6.45) is 0.674. The van der Waals surface area contributed by atoms with Gasteiger partial charge in [-0.15, -0.1) is 0 Å². The lowest BCUT2D eigenvalue weighted by Gasteiger charge is -2.04. The van der Waals surface area contributed by atoms with E-state index in [0.29, 0.717) is 6.42 Å². The number of rotatable bonds is 5. The second kappa shape index (κ2) is 6.51. The number of hydrogen-bond acceptors (Lipinski definition) is 5. The molecule has 2 aromatic rings. The number of nitrogens with zero attached hydrogens (tertiary/aromatic N) is 1. The normalized spacial score (nSPS) is 10.1. The Morgan fingerprint density at radius 3 is 2.29 bits per heavy atom. The van der Waals surface area contributed by atoms with Crippen LogP contribution in [0, 0.1) is 10.1 Å². The van der Waals surface area contributed by atoms with Crippen LogP contribution < -0.4 is 4.74 Å². The molecule has 0 saturated heterocycles. The van der Waals surface area contributed by atoms with E-state index in [4.69, 9.17) is 9.84 Å². The highest BCUT2D eigenvalue weighted by atomic mass is 16.6. The van der Waals surface area contributed by atoms with E-state index in [1.807, 2.05) is 0 Å². The monoisotopic (exact) mass is 287 g/mol. The standard InChI is InChI=1S/C15H13NO5/c17-13-6-1-11(2-7-13)3-10-15(18)21-14-8-4-12(5-9-14)16(19)20/h1-2,4-9,17H,3,10H2. The van der Waals surface area contributed by atoms with E-state index in [9.17, 15) is 14.9 Å². The molecule has 1 N–H and O–H groups in total. The topological polar surface area (TPSA) is 89.7 Å². The predicted molar refractivity (Wildman–Crippen MR) is 75.2 cm³/mol. The van der Waals surface area contributed by atoms with Gasteiger partial charge in [0.25, 0.3) is 5.69 Å². The van der Waals surface area contributed by atoms with Crippen molar-refractivity contribution in [2.45, 2.75) is 12.8 Å². The SMILES string of the molecule is O=C(CCc1ccc(O)cc1)Oc1ccc([N+](=O)[O-])cc1. The summed E-state index contributed by atoms with van der Waals surface area (Å²) in [7, 11) is 0. The Kier molecular flexibility index (Phi) is 4.50. The van der Waals surface area contributed by atoms with E-state index < -0.39 is 10.9 Å². The van der Waals surface area contributed by atoms with Gasteiger partial charge in [0.2, 0.25) is 0 Å². The van der Waals surface area contributed by atoms with E-state index in [1.165, 1.54) is 24.3 Å². The minimum atomic E-state index is -0.517. The van der Waals surface area contributed by atoms with Crippen molar-refractivity contribution in [3.05, 3.63) is 64.2 Å². The van der Waals surface area contributed by atoms with Crippen LogP contribution in [0.4, 0.5) is 5.69 Å². The molecule has 0 saturated carbocycles. The quantitative estimate of drug-likeness (QED) is 0.395. The van der Waals surface area contributed by atoms with Gasteiger partial charge in [-0.1, -0.05) is 12.1 Å². The number of benzene rings is 2. The smallest absolute Gasteiger partial charge is 0.311 e. The molecule has 0 heterocycles.